The number of rotatable bonds is 5. The number of amides is 1. The van der Waals surface area contributed by atoms with Crippen molar-refractivity contribution in [2.75, 3.05) is 18.0 Å². The first-order valence-corrected chi connectivity index (χ1v) is 9.53. The van der Waals surface area contributed by atoms with Crippen molar-refractivity contribution >= 4 is 29.3 Å². The largest absolute Gasteiger partial charge is 0.372 e. The molecule has 0 unspecified atom stereocenters. The molecule has 0 radical (unpaired) electrons. The summed E-state index contributed by atoms with van der Waals surface area (Å²) in [4.78, 5) is 14.7. The first kappa shape index (κ1) is 19.0. The van der Waals surface area contributed by atoms with Crippen LogP contribution in [0.1, 0.15) is 30.4 Å². The van der Waals surface area contributed by atoms with E-state index in [1.807, 2.05) is 48.5 Å². The zero-order valence-corrected chi connectivity index (χ0v) is 15.9. The topological polar surface area (TPSA) is 56.1 Å². The number of carbonyl (C=O) groups excluding carboxylic acids is 1. The molecule has 3 rings (SSSR count). The van der Waals surface area contributed by atoms with Crippen LogP contribution in [0.25, 0.3) is 6.08 Å². The maximum absolute atomic E-state index is 12.3. The minimum absolute atomic E-state index is 0.0766. The Morgan fingerprint density at radius 1 is 1.11 bits per heavy atom. The lowest BCUT2D eigenvalue weighted by Gasteiger charge is -2.28. The molecule has 2 aromatic carbocycles. The molecule has 0 aliphatic carbocycles. The molecule has 1 aliphatic rings. The highest BCUT2D eigenvalue weighted by molar-refractivity contribution is 6.31. The molecule has 1 amide bonds. The molecular formula is C22H22ClN3O. The summed E-state index contributed by atoms with van der Waals surface area (Å²) >= 11 is 6.09. The van der Waals surface area contributed by atoms with Crippen molar-refractivity contribution in [3.05, 3.63) is 70.3 Å². The van der Waals surface area contributed by atoms with Crippen LogP contribution in [-0.2, 0) is 11.3 Å². The fraction of sp³-hybridized carbons (Fsp3) is 0.273. The van der Waals surface area contributed by atoms with E-state index in [-0.39, 0.29) is 12.1 Å². The molecule has 1 fully saturated rings. The number of carbonyl (C=O) groups is 1. The van der Waals surface area contributed by atoms with Crippen LogP contribution in [0, 0.1) is 11.3 Å². The Bertz CT molecular complexity index is 862. The zero-order chi connectivity index (χ0) is 19.1. The summed E-state index contributed by atoms with van der Waals surface area (Å²) < 4.78 is 0. The van der Waals surface area contributed by atoms with E-state index in [9.17, 15) is 10.1 Å². The lowest BCUT2D eigenvalue weighted by atomic mass is 10.1. The number of halogens is 1. The van der Waals surface area contributed by atoms with Gasteiger partial charge in [-0.3, -0.25) is 4.79 Å². The van der Waals surface area contributed by atoms with Gasteiger partial charge in [-0.25, -0.2) is 0 Å². The first-order chi connectivity index (χ1) is 13.2. The third-order valence-electron chi connectivity index (χ3n) is 4.69. The van der Waals surface area contributed by atoms with Crippen LogP contribution in [0.2, 0.25) is 5.02 Å². The molecule has 0 aromatic heterocycles. The molecule has 0 spiro atoms. The molecule has 138 valence electrons. The zero-order valence-electron chi connectivity index (χ0n) is 15.1. The van der Waals surface area contributed by atoms with E-state index in [4.69, 9.17) is 11.6 Å². The predicted molar refractivity (Wildman–Crippen MR) is 109 cm³/mol. The highest BCUT2D eigenvalue weighted by Crippen LogP contribution is 2.21. The van der Waals surface area contributed by atoms with Crippen molar-refractivity contribution in [1.29, 1.82) is 5.26 Å². The second kappa shape index (κ2) is 9.25. The first-order valence-electron chi connectivity index (χ1n) is 9.16. The van der Waals surface area contributed by atoms with Gasteiger partial charge in [0.1, 0.15) is 11.6 Å². The SMILES string of the molecule is N#CC(=Cc1ccc(N2CCCCC2)cc1)C(=O)NCc1ccccc1Cl. The van der Waals surface area contributed by atoms with E-state index < -0.39 is 5.91 Å². The number of anilines is 1. The Morgan fingerprint density at radius 2 is 1.81 bits per heavy atom. The van der Waals surface area contributed by atoms with Crippen molar-refractivity contribution in [1.82, 2.24) is 5.32 Å². The lowest BCUT2D eigenvalue weighted by Crippen LogP contribution is -2.29. The molecule has 1 heterocycles. The molecule has 2 aromatic rings. The fourth-order valence-electron chi connectivity index (χ4n) is 3.16. The summed E-state index contributed by atoms with van der Waals surface area (Å²) in [5.41, 5.74) is 2.91. The number of hydrogen-bond acceptors (Lipinski definition) is 3. The fourth-order valence-corrected chi connectivity index (χ4v) is 3.36. The van der Waals surface area contributed by atoms with Gasteiger partial charge in [-0.1, -0.05) is 41.9 Å². The van der Waals surface area contributed by atoms with Crippen LogP contribution in [0.4, 0.5) is 5.69 Å². The van der Waals surface area contributed by atoms with Crippen LogP contribution in [-0.4, -0.2) is 19.0 Å². The van der Waals surface area contributed by atoms with Crippen molar-refractivity contribution in [2.24, 2.45) is 0 Å². The van der Waals surface area contributed by atoms with Gasteiger partial charge in [-0.05, 0) is 54.7 Å². The molecule has 27 heavy (non-hydrogen) atoms. The highest BCUT2D eigenvalue weighted by atomic mass is 35.5. The van der Waals surface area contributed by atoms with E-state index in [1.165, 1.54) is 24.9 Å². The third kappa shape index (κ3) is 5.12. The van der Waals surface area contributed by atoms with E-state index in [2.05, 4.69) is 10.2 Å². The number of piperidine rings is 1. The molecular weight excluding hydrogens is 358 g/mol. The van der Waals surface area contributed by atoms with Crippen molar-refractivity contribution in [3.63, 3.8) is 0 Å². The van der Waals surface area contributed by atoms with E-state index in [1.54, 1.807) is 12.1 Å². The monoisotopic (exact) mass is 379 g/mol. The summed E-state index contributed by atoms with van der Waals surface area (Å²) in [6.45, 7) is 2.46. The van der Waals surface area contributed by atoms with Crippen LogP contribution in [0.5, 0.6) is 0 Å². The highest BCUT2D eigenvalue weighted by Gasteiger charge is 2.12. The number of nitrogens with zero attached hydrogens (tertiary/aromatic N) is 2. The van der Waals surface area contributed by atoms with Gasteiger partial charge in [-0.15, -0.1) is 0 Å². The quantitative estimate of drug-likeness (QED) is 0.612. The van der Waals surface area contributed by atoms with Crippen LogP contribution >= 0.6 is 11.6 Å². The van der Waals surface area contributed by atoms with Crippen molar-refractivity contribution < 1.29 is 4.79 Å². The maximum Gasteiger partial charge on any atom is 0.262 e. The van der Waals surface area contributed by atoms with Crippen molar-refractivity contribution in [2.45, 2.75) is 25.8 Å². The Morgan fingerprint density at radius 3 is 2.48 bits per heavy atom. The van der Waals surface area contributed by atoms with Gasteiger partial charge in [-0.2, -0.15) is 5.26 Å². The summed E-state index contributed by atoms with van der Waals surface area (Å²) in [6, 6.07) is 17.3. The third-order valence-corrected chi connectivity index (χ3v) is 5.06. The lowest BCUT2D eigenvalue weighted by molar-refractivity contribution is -0.117. The summed E-state index contributed by atoms with van der Waals surface area (Å²) in [5.74, 6) is -0.405. The second-order valence-electron chi connectivity index (χ2n) is 6.58. The predicted octanol–water partition coefficient (Wildman–Crippen LogP) is 4.55. The van der Waals surface area contributed by atoms with E-state index in [0.717, 1.165) is 24.2 Å². The standard InChI is InChI=1S/C22H22ClN3O/c23-21-7-3-2-6-18(21)16-25-22(27)19(15-24)14-17-8-10-20(11-9-17)26-12-4-1-5-13-26/h2-3,6-11,14H,1,4-5,12-13,16H2,(H,25,27). The number of benzene rings is 2. The Labute approximate surface area is 165 Å². The van der Waals surface area contributed by atoms with Gasteiger partial charge in [0.2, 0.25) is 0 Å². The van der Waals surface area contributed by atoms with Crippen LogP contribution < -0.4 is 10.2 Å². The summed E-state index contributed by atoms with van der Waals surface area (Å²) in [7, 11) is 0. The number of nitrogens with one attached hydrogen (secondary N) is 1. The van der Waals surface area contributed by atoms with Gasteiger partial charge in [0.05, 0.1) is 0 Å². The van der Waals surface area contributed by atoms with E-state index in [0.29, 0.717) is 5.02 Å². The molecule has 1 N–H and O–H groups in total. The molecule has 4 nitrogen and oxygen atoms in total. The van der Waals surface area contributed by atoms with Gasteiger partial charge < -0.3 is 10.2 Å². The average molecular weight is 380 g/mol. The molecule has 0 bridgehead atoms. The Kier molecular flexibility index (Phi) is 6.51. The van der Waals surface area contributed by atoms with E-state index >= 15 is 0 Å². The Balaban J connectivity index is 1.65. The minimum Gasteiger partial charge on any atom is -0.372 e. The molecule has 1 aliphatic heterocycles. The van der Waals surface area contributed by atoms with Crippen molar-refractivity contribution in [3.8, 4) is 6.07 Å². The van der Waals surface area contributed by atoms with Crippen LogP contribution in [0.15, 0.2) is 54.1 Å². The van der Waals surface area contributed by atoms with Crippen LogP contribution in [0.3, 0.4) is 0 Å². The molecule has 1 saturated heterocycles. The van der Waals surface area contributed by atoms with Gasteiger partial charge >= 0.3 is 0 Å². The average Bonchev–Trinajstić information content (AvgIpc) is 2.72. The molecule has 5 heteroatoms. The Hall–Kier alpha value is -2.77. The van der Waals surface area contributed by atoms with Gasteiger partial charge in [0.15, 0.2) is 0 Å². The molecule has 0 saturated carbocycles. The summed E-state index contributed by atoms with van der Waals surface area (Å²) in [6.07, 6.45) is 5.37. The number of nitriles is 1. The molecule has 0 atom stereocenters. The van der Waals surface area contributed by atoms with Gasteiger partial charge in [0, 0.05) is 30.3 Å². The maximum atomic E-state index is 12.3. The number of hydrogen-bond donors (Lipinski definition) is 1. The van der Waals surface area contributed by atoms with Gasteiger partial charge in [0.25, 0.3) is 5.91 Å². The second-order valence-corrected chi connectivity index (χ2v) is 6.99. The minimum atomic E-state index is -0.405. The summed E-state index contributed by atoms with van der Waals surface area (Å²) in [5, 5.41) is 12.7. The normalized spacial score (nSPS) is 14.5. The smallest absolute Gasteiger partial charge is 0.262 e.